The molecular formula is C8H16O2Si. The van der Waals surface area contributed by atoms with E-state index in [9.17, 15) is 4.79 Å². The predicted molar refractivity (Wildman–Crippen MR) is 49.4 cm³/mol. The van der Waals surface area contributed by atoms with Crippen molar-refractivity contribution in [3.8, 4) is 0 Å². The third-order valence-corrected chi connectivity index (χ3v) is 2.84. The minimum atomic E-state index is -0.425. The monoisotopic (exact) mass is 172 g/mol. The summed E-state index contributed by atoms with van der Waals surface area (Å²) < 4.78 is 5.23. The smallest absolute Gasteiger partial charge is 0.182 e. The van der Waals surface area contributed by atoms with Gasteiger partial charge in [0, 0.05) is 0 Å². The summed E-state index contributed by atoms with van der Waals surface area (Å²) in [4.78, 5) is 10.9. The summed E-state index contributed by atoms with van der Waals surface area (Å²) in [5.74, 6) is 0.0357. The zero-order chi connectivity index (χ0) is 8.69. The Labute approximate surface area is 70.6 Å². The van der Waals surface area contributed by atoms with Crippen LogP contribution in [-0.4, -0.2) is 22.2 Å². The minimum Gasteiger partial charge on any atom is -0.416 e. The molecule has 0 unspecified atom stereocenters. The fraction of sp³-hybridized carbons (Fsp3) is 0.625. The van der Waals surface area contributed by atoms with Crippen molar-refractivity contribution in [1.82, 2.24) is 0 Å². The molecule has 0 aliphatic carbocycles. The summed E-state index contributed by atoms with van der Waals surface area (Å²) in [7, 11) is -0.425. The molecule has 0 N–H and O–H groups in total. The molecule has 0 fully saturated rings. The Bertz CT molecular complexity index is 143. The maximum absolute atomic E-state index is 10.9. The molecule has 0 saturated heterocycles. The number of ketones is 1. The molecule has 64 valence electrons. The lowest BCUT2D eigenvalue weighted by atomic mass is 10.2. The molecule has 3 heteroatoms. The Morgan fingerprint density at radius 3 is 2.73 bits per heavy atom. The molecule has 0 aliphatic heterocycles. The summed E-state index contributed by atoms with van der Waals surface area (Å²) in [6.07, 6.45) is 1.16. The first-order chi connectivity index (χ1) is 5.18. The molecule has 0 aromatic rings. The zero-order valence-electron chi connectivity index (χ0n) is 7.35. The number of carbonyl (C=O) groups is 1. The number of carbonyl (C=O) groups excluding carboxylic acids is 1. The van der Waals surface area contributed by atoms with Crippen molar-refractivity contribution < 1.29 is 9.22 Å². The molecule has 0 aromatic heterocycles. The first-order valence-corrected chi connectivity index (χ1v) is 5.52. The molecule has 0 aromatic carbocycles. The third-order valence-electron chi connectivity index (χ3n) is 1.35. The molecule has 0 amide bonds. The molecule has 0 heterocycles. The average molecular weight is 172 g/mol. The van der Waals surface area contributed by atoms with Crippen LogP contribution < -0.4 is 0 Å². The van der Waals surface area contributed by atoms with Gasteiger partial charge in [0.05, 0.1) is 6.61 Å². The largest absolute Gasteiger partial charge is 0.416 e. The van der Waals surface area contributed by atoms with E-state index < -0.39 is 9.76 Å². The third kappa shape index (κ3) is 6.00. The van der Waals surface area contributed by atoms with Crippen LogP contribution in [0.25, 0.3) is 0 Å². The van der Waals surface area contributed by atoms with Gasteiger partial charge in [-0.25, -0.2) is 0 Å². The quantitative estimate of drug-likeness (QED) is 0.340. The second-order valence-electron chi connectivity index (χ2n) is 2.61. The van der Waals surface area contributed by atoms with Crippen LogP contribution in [0.1, 0.15) is 20.3 Å². The minimum absolute atomic E-state index is 0.0357. The number of hydrogen-bond acceptors (Lipinski definition) is 2. The topological polar surface area (TPSA) is 26.3 Å². The lowest BCUT2D eigenvalue weighted by Crippen LogP contribution is -2.11. The van der Waals surface area contributed by atoms with Crippen LogP contribution in [0.5, 0.6) is 0 Å². The van der Waals surface area contributed by atoms with Crippen LogP contribution >= 0.6 is 0 Å². The van der Waals surface area contributed by atoms with E-state index in [4.69, 9.17) is 4.43 Å². The van der Waals surface area contributed by atoms with E-state index in [2.05, 4.69) is 13.5 Å². The van der Waals surface area contributed by atoms with Gasteiger partial charge >= 0.3 is 0 Å². The molecule has 0 radical (unpaired) electrons. The Balaban J connectivity index is 3.25. The Morgan fingerprint density at radius 2 is 2.27 bits per heavy atom. The average Bonchev–Trinajstić information content (AvgIpc) is 1.97. The Hall–Kier alpha value is -0.413. The van der Waals surface area contributed by atoms with Crippen molar-refractivity contribution in [2.75, 3.05) is 6.61 Å². The van der Waals surface area contributed by atoms with Gasteiger partial charge in [-0.2, -0.15) is 0 Å². The van der Waals surface area contributed by atoms with Crippen molar-refractivity contribution in [2.45, 2.75) is 26.3 Å². The van der Waals surface area contributed by atoms with Gasteiger partial charge in [0.15, 0.2) is 15.5 Å². The number of hydrogen-bond donors (Lipinski definition) is 0. The van der Waals surface area contributed by atoms with E-state index in [0.717, 1.165) is 12.5 Å². The second kappa shape index (κ2) is 6.31. The lowest BCUT2D eigenvalue weighted by molar-refractivity contribution is -0.117. The summed E-state index contributed by atoms with van der Waals surface area (Å²) in [5.41, 5.74) is 0.593. The van der Waals surface area contributed by atoms with Gasteiger partial charge in [-0.3, -0.25) is 4.79 Å². The summed E-state index contributed by atoms with van der Waals surface area (Å²) in [5, 5.41) is 0. The molecular weight excluding hydrogens is 156 g/mol. The van der Waals surface area contributed by atoms with Crippen molar-refractivity contribution in [2.24, 2.45) is 0 Å². The van der Waals surface area contributed by atoms with Gasteiger partial charge in [-0.05, 0) is 18.5 Å². The first kappa shape index (κ1) is 10.6. The van der Waals surface area contributed by atoms with Crippen molar-refractivity contribution >= 4 is 15.5 Å². The van der Waals surface area contributed by atoms with E-state index >= 15 is 0 Å². The summed E-state index contributed by atoms with van der Waals surface area (Å²) >= 11 is 0. The molecule has 0 saturated carbocycles. The summed E-state index contributed by atoms with van der Waals surface area (Å²) in [6.45, 7) is 7.63. The highest BCUT2D eigenvalue weighted by atomic mass is 28.2. The normalized spacial score (nSPS) is 10.7. The van der Waals surface area contributed by atoms with Gasteiger partial charge in [0.1, 0.15) is 0 Å². The van der Waals surface area contributed by atoms with Crippen LogP contribution in [0.2, 0.25) is 6.04 Å². The van der Waals surface area contributed by atoms with E-state index in [1.807, 2.05) is 0 Å². The SMILES string of the molecule is C=C(C)C(=O)CO[SiH2]CCC. The van der Waals surface area contributed by atoms with Gasteiger partial charge in [-0.15, -0.1) is 0 Å². The number of Topliss-reactive ketones (excluding diaryl/α,β-unsaturated/α-hetero) is 1. The highest BCUT2D eigenvalue weighted by Gasteiger charge is 2.00. The summed E-state index contributed by atoms with van der Waals surface area (Å²) in [6, 6.07) is 1.16. The standard InChI is InChI=1S/C8H16O2Si/c1-4-5-11-10-6-8(9)7(2)3/h2,4-6,11H2,1,3H3. The van der Waals surface area contributed by atoms with Crippen LogP contribution in [-0.2, 0) is 9.22 Å². The zero-order valence-corrected chi connectivity index (χ0v) is 8.77. The van der Waals surface area contributed by atoms with Gasteiger partial charge < -0.3 is 4.43 Å². The van der Waals surface area contributed by atoms with Crippen molar-refractivity contribution in [1.29, 1.82) is 0 Å². The Morgan fingerprint density at radius 1 is 1.64 bits per heavy atom. The predicted octanol–water partition coefficient (Wildman–Crippen LogP) is 1.06. The van der Waals surface area contributed by atoms with Gasteiger partial charge in [0.2, 0.25) is 0 Å². The van der Waals surface area contributed by atoms with Gasteiger partial charge in [0.25, 0.3) is 0 Å². The van der Waals surface area contributed by atoms with Crippen LogP contribution in [0.4, 0.5) is 0 Å². The fourth-order valence-electron chi connectivity index (χ4n) is 0.534. The van der Waals surface area contributed by atoms with Crippen molar-refractivity contribution in [3.05, 3.63) is 12.2 Å². The van der Waals surface area contributed by atoms with Gasteiger partial charge in [-0.1, -0.05) is 19.9 Å². The second-order valence-corrected chi connectivity index (χ2v) is 4.13. The molecule has 0 bridgehead atoms. The Kier molecular flexibility index (Phi) is 6.07. The fourth-order valence-corrected chi connectivity index (χ4v) is 1.36. The molecule has 0 atom stereocenters. The molecule has 0 aliphatic rings. The lowest BCUT2D eigenvalue weighted by Gasteiger charge is -2.00. The maximum atomic E-state index is 10.9. The highest BCUT2D eigenvalue weighted by molar-refractivity contribution is 6.27. The van der Waals surface area contributed by atoms with E-state index in [1.54, 1.807) is 6.92 Å². The first-order valence-electron chi connectivity index (χ1n) is 3.95. The number of rotatable bonds is 6. The molecule has 0 rings (SSSR count). The molecule has 0 spiro atoms. The highest BCUT2D eigenvalue weighted by Crippen LogP contribution is 1.92. The van der Waals surface area contributed by atoms with E-state index in [-0.39, 0.29) is 12.4 Å². The van der Waals surface area contributed by atoms with Crippen molar-refractivity contribution in [3.63, 3.8) is 0 Å². The molecule has 2 nitrogen and oxygen atoms in total. The molecule has 11 heavy (non-hydrogen) atoms. The van der Waals surface area contributed by atoms with Crippen LogP contribution in [0.15, 0.2) is 12.2 Å². The van der Waals surface area contributed by atoms with Crippen LogP contribution in [0, 0.1) is 0 Å². The van der Waals surface area contributed by atoms with E-state index in [1.165, 1.54) is 0 Å². The maximum Gasteiger partial charge on any atom is 0.182 e. The van der Waals surface area contributed by atoms with E-state index in [0.29, 0.717) is 5.57 Å². The van der Waals surface area contributed by atoms with Crippen LogP contribution in [0.3, 0.4) is 0 Å².